The summed E-state index contributed by atoms with van der Waals surface area (Å²) < 4.78 is 70.3. The Morgan fingerprint density at radius 1 is 1.06 bits per heavy atom. The number of benzene rings is 2. The van der Waals surface area contributed by atoms with E-state index in [2.05, 4.69) is 4.74 Å². The lowest BCUT2D eigenvalue weighted by Gasteiger charge is -2.35. The lowest BCUT2D eigenvalue weighted by atomic mass is 9.91. The summed E-state index contributed by atoms with van der Waals surface area (Å²) in [7, 11) is -2.72. The number of methoxy groups -OCH3 is 1. The fourth-order valence-electron chi connectivity index (χ4n) is 4.35. The molecule has 2 aromatic carbocycles. The van der Waals surface area contributed by atoms with E-state index in [1.807, 2.05) is 0 Å². The highest BCUT2D eigenvalue weighted by Gasteiger charge is 2.38. The van der Waals surface area contributed by atoms with Crippen LogP contribution < -0.4 is 0 Å². The third-order valence-corrected chi connectivity index (χ3v) is 8.62. The van der Waals surface area contributed by atoms with Crippen molar-refractivity contribution in [2.75, 3.05) is 20.2 Å². The zero-order chi connectivity index (χ0) is 25.1. The molecule has 6 nitrogen and oxygen atoms in total. The van der Waals surface area contributed by atoms with Crippen LogP contribution in [0, 0.1) is 5.92 Å². The second-order valence-electron chi connectivity index (χ2n) is 8.22. The molecule has 1 aliphatic rings. The van der Waals surface area contributed by atoms with Crippen LogP contribution in [0.15, 0.2) is 53.4 Å². The van der Waals surface area contributed by atoms with Gasteiger partial charge in [0.2, 0.25) is 0 Å². The van der Waals surface area contributed by atoms with E-state index in [1.54, 1.807) is 11.8 Å². The van der Waals surface area contributed by atoms with Gasteiger partial charge in [0, 0.05) is 18.7 Å². The van der Waals surface area contributed by atoms with Crippen LogP contribution in [0.25, 0.3) is 0 Å². The standard InChI is InChI=1S/C24H26F3NO5S/c1-3-21(34(31,32)20-6-4-5-19(15-20)24(25,26)27)16-11-13-28(14-12-16)22(29)17-7-9-18(10-8-17)23(30)33-2/h4-10,15-16,21H,3,11-14H2,1-2H3. The number of ether oxygens (including phenoxy) is 1. The van der Waals surface area contributed by atoms with Crippen molar-refractivity contribution < 1.29 is 35.9 Å². The number of esters is 1. The highest BCUT2D eigenvalue weighted by atomic mass is 32.2. The van der Waals surface area contributed by atoms with Crippen molar-refractivity contribution in [1.29, 1.82) is 0 Å². The van der Waals surface area contributed by atoms with Crippen LogP contribution in [-0.2, 0) is 20.8 Å². The fourth-order valence-corrected chi connectivity index (χ4v) is 6.48. The van der Waals surface area contributed by atoms with Crippen LogP contribution in [0.4, 0.5) is 13.2 Å². The van der Waals surface area contributed by atoms with Crippen molar-refractivity contribution in [3.05, 3.63) is 65.2 Å². The molecular weight excluding hydrogens is 471 g/mol. The second-order valence-corrected chi connectivity index (χ2v) is 10.4. The molecule has 3 rings (SSSR count). The lowest BCUT2D eigenvalue weighted by molar-refractivity contribution is -0.137. The zero-order valence-corrected chi connectivity index (χ0v) is 19.7. The number of likely N-dealkylation sites (tertiary alicyclic amines) is 1. The van der Waals surface area contributed by atoms with E-state index in [9.17, 15) is 31.2 Å². The van der Waals surface area contributed by atoms with Gasteiger partial charge in [-0.05, 0) is 67.6 Å². The zero-order valence-electron chi connectivity index (χ0n) is 18.8. The molecule has 1 heterocycles. The first-order chi connectivity index (χ1) is 16.0. The predicted molar refractivity (Wildman–Crippen MR) is 119 cm³/mol. The topological polar surface area (TPSA) is 80.8 Å². The fraction of sp³-hybridized carbons (Fsp3) is 0.417. The maximum Gasteiger partial charge on any atom is 0.416 e. The Morgan fingerprint density at radius 2 is 1.65 bits per heavy atom. The maximum absolute atomic E-state index is 13.2. The summed E-state index contributed by atoms with van der Waals surface area (Å²) in [6.07, 6.45) is -3.54. The Morgan fingerprint density at radius 3 is 2.18 bits per heavy atom. The van der Waals surface area contributed by atoms with Crippen LogP contribution in [0.1, 0.15) is 52.5 Å². The number of hydrogen-bond donors (Lipinski definition) is 0. The van der Waals surface area contributed by atoms with Crippen molar-refractivity contribution in [3.8, 4) is 0 Å². The summed E-state index contributed by atoms with van der Waals surface area (Å²) in [5.41, 5.74) is -0.278. The molecule has 34 heavy (non-hydrogen) atoms. The second kappa shape index (κ2) is 10.2. The summed E-state index contributed by atoms with van der Waals surface area (Å²) in [6.45, 7) is 2.37. The van der Waals surface area contributed by atoms with Gasteiger partial charge in [-0.3, -0.25) is 4.79 Å². The number of carbonyl (C=O) groups is 2. The molecule has 2 aromatic rings. The van der Waals surface area contributed by atoms with Crippen molar-refractivity contribution in [1.82, 2.24) is 4.90 Å². The van der Waals surface area contributed by atoms with Crippen molar-refractivity contribution in [2.45, 2.75) is 42.5 Å². The van der Waals surface area contributed by atoms with E-state index in [0.29, 0.717) is 43.1 Å². The van der Waals surface area contributed by atoms with Gasteiger partial charge in [0.05, 0.1) is 28.4 Å². The minimum atomic E-state index is -4.63. The van der Waals surface area contributed by atoms with Crippen molar-refractivity contribution >= 4 is 21.7 Å². The SMILES string of the molecule is CCC(C1CCN(C(=O)c2ccc(C(=O)OC)cc2)CC1)S(=O)(=O)c1cccc(C(F)(F)F)c1. The van der Waals surface area contributed by atoms with Crippen molar-refractivity contribution in [3.63, 3.8) is 0 Å². The number of piperidine rings is 1. The smallest absolute Gasteiger partial charge is 0.416 e. The molecule has 184 valence electrons. The quantitative estimate of drug-likeness (QED) is 0.545. The number of sulfone groups is 1. The lowest BCUT2D eigenvalue weighted by Crippen LogP contribution is -2.43. The van der Waals surface area contributed by atoms with Gasteiger partial charge in [0.25, 0.3) is 5.91 Å². The number of rotatable bonds is 6. The molecule has 1 fully saturated rings. The molecule has 0 saturated carbocycles. The van der Waals surface area contributed by atoms with Gasteiger partial charge in [-0.15, -0.1) is 0 Å². The van der Waals surface area contributed by atoms with Crippen LogP contribution in [0.2, 0.25) is 0 Å². The Kier molecular flexibility index (Phi) is 7.70. The van der Waals surface area contributed by atoms with E-state index >= 15 is 0 Å². The molecule has 0 N–H and O–H groups in total. The normalized spacial score (nSPS) is 16.2. The van der Waals surface area contributed by atoms with Crippen LogP contribution in [0.3, 0.4) is 0 Å². The first-order valence-electron chi connectivity index (χ1n) is 10.9. The van der Waals surface area contributed by atoms with Gasteiger partial charge in [-0.2, -0.15) is 13.2 Å². The summed E-state index contributed by atoms with van der Waals surface area (Å²) in [5, 5.41) is -0.840. The van der Waals surface area contributed by atoms with Crippen LogP contribution in [-0.4, -0.2) is 50.6 Å². The van der Waals surface area contributed by atoms with Gasteiger partial charge < -0.3 is 9.64 Å². The molecule has 1 amide bonds. The Bertz CT molecular complexity index is 1140. The van der Waals surface area contributed by atoms with E-state index in [-0.39, 0.29) is 23.1 Å². The largest absolute Gasteiger partial charge is 0.465 e. The minimum Gasteiger partial charge on any atom is -0.465 e. The number of carbonyl (C=O) groups excluding carboxylic acids is 2. The van der Waals surface area contributed by atoms with Gasteiger partial charge in [-0.25, -0.2) is 13.2 Å². The van der Waals surface area contributed by atoms with Crippen molar-refractivity contribution in [2.24, 2.45) is 5.92 Å². The van der Waals surface area contributed by atoms with Crippen LogP contribution >= 0.6 is 0 Å². The average molecular weight is 498 g/mol. The first kappa shape index (κ1) is 25.7. The number of amides is 1. The Labute approximate surface area is 196 Å². The third-order valence-electron chi connectivity index (χ3n) is 6.20. The molecule has 0 aromatic heterocycles. The molecule has 0 aliphatic carbocycles. The molecule has 10 heteroatoms. The van der Waals surface area contributed by atoms with Gasteiger partial charge >= 0.3 is 12.1 Å². The molecular formula is C24H26F3NO5S. The van der Waals surface area contributed by atoms with E-state index in [0.717, 1.165) is 12.1 Å². The number of hydrogen-bond acceptors (Lipinski definition) is 5. The van der Waals surface area contributed by atoms with Crippen LogP contribution in [0.5, 0.6) is 0 Å². The Hall–Kier alpha value is -2.88. The molecule has 1 saturated heterocycles. The number of nitrogens with zero attached hydrogens (tertiary/aromatic N) is 1. The summed E-state index contributed by atoms with van der Waals surface area (Å²) in [5.74, 6) is -1.02. The average Bonchev–Trinajstić information content (AvgIpc) is 2.83. The van der Waals surface area contributed by atoms with E-state index in [1.165, 1.54) is 37.4 Å². The van der Waals surface area contributed by atoms with Gasteiger partial charge in [0.1, 0.15) is 0 Å². The number of halogens is 3. The minimum absolute atomic E-state index is 0.233. The van der Waals surface area contributed by atoms with Gasteiger partial charge in [0.15, 0.2) is 9.84 Å². The molecule has 0 radical (unpaired) electrons. The van der Waals surface area contributed by atoms with E-state index < -0.39 is 32.8 Å². The molecule has 1 unspecified atom stereocenters. The first-order valence-corrected chi connectivity index (χ1v) is 12.4. The predicted octanol–water partition coefficient (Wildman–Crippen LogP) is 4.60. The molecule has 0 spiro atoms. The monoisotopic (exact) mass is 497 g/mol. The summed E-state index contributed by atoms with van der Waals surface area (Å²) in [4.78, 5) is 25.7. The number of alkyl halides is 3. The summed E-state index contributed by atoms with van der Waals surface area (Å²) in [6, 6.07) is 9.91. The molecule has 0 bridgehead atoms. The van der Waals surface area contributed by atoms with E-state index in [4.69, 9.17) is 0 Å². The van der Waals surface area contributed by atoms with Gasteiger partial charge in [-0.1, -0.05) is 13.0 Å². The maximum atomic E-state index is 13.2. The Balaban J connectivity index is 1.70. The highest BCUT2D eigenvalue weighted by molar-refractivity contribution is 7.92. The summed E-state index contributed by atoms with van der Waals surface area (Å²) >= 11 is 0. The molecule has 1 aliphatic heterocycles. The third kappa shape index (κ3) is 5.43. The molecule has 1 atom stereocenters. The highest BCUT2D eigenvalue weighted by Crippen LogP contribution is 2.35.